The number of nitrogens with zero attached hydrogens (tertiary/aromatic N) is 3. The maximum Gasteiger partial charge on any atom is 0.347 e. The number of hydrogen-bond acceptors (Lipinski definition) is 3. The Morgan fingerprint density at radius 3 is 2.79 bits per heavy atom. The predicted molar refractivity (Wildman–Crippen MR) is 109 cm³/mol. The van der Waals surface area contributed by atoms with Gasteiger partial charge in [0, 0.05) is 30.7 Å². The first-order chi connectivity index (χ1) is 13.7. The zero-order chi connectivity index (χ0) is 19.3. The van der Waals surface area contributed by atoms with Crippen LogP contribution in [0.15, 0.2) is 47.5 Å². The number of rotatable bonds is 4. The van der Waals surface area contributed by atoms with Crippen molar-refractivity contribution in [3.63, 3.8) is 0 Å². The number of urea groups is 1. The largest absolute Gasteiger partial charge is 0.347 e. The molecule has 1 aromatic heterocycles. The smallest absolute Gasteiger partial charge is 0.321 e. The van der Waals surface area contributed by atoms with E-state index in [1.807, 2.05) is 29.2 Å². The van der Waals surface area contributed by atoms with Crippen LogP contribution in [-0.2, 0) is 6.54 Å². The minimum Gasteiger partial charge on any atom is -0.321 e. The van der Waals surface area contributed by atoms with Gasteiger partial charge in [0.2, 0.25) is 0 Å². The Morgan fingerprint density at radius 1 is 1.11 bits per heavy atom. The normalized spacial score (nSPS) is 20.3. The van der Waals surface area contributed by atoms with Crippen molar-refractivity contribution in [1.29, 1.82) is 0 Å². The van der Waals surface area contributed by atoms with Crippen LogP contribution in [-0.4, -0.2) is 33.1 Å². The zero-order valence-electron chi connectivity index (χ0n) is 16.2. The fraction of sp³-hybridized carbons (Fsp3) is 0.500. The van der Waals surface area contributed by atoms with E-state index in [0.29, 0.717) is 18.5 Å². The van der Waals surface area contributed by atoms with Gasteiger partial charge in [-0.2, -0.15) is 0 Å². The highest BCUT2D eigenvalue weighted by Gasteiger charge is 2.35. The van der Waals surface area contributed by atoms with E-state index in [1.54, 1.807) is 16.8 Å². The Labute approximate surface area is 165 Å². The van der Waals surface area contributed by atoms with Crippen LogP contribution in [0.4, 0.5) is 10.5 Å². The molecule has 0 spiro atoms. The van der Waals surface area contributed by atoms with E-state index in [9.17, 15) is 9.59 Å². The van der Waals surface area contributed by atoms with Crippen LogP contribution in [0.25, 0.3) is 0 Å². The van der Waals surface area contributed by atoms with E-state index < -0.39 is 0 Å². The molecule has 4 rings (SSSR count). The lowest BCUT2D eigenvalue weighted by Gasteiger charge is -2.34. The molecular weight excluding hydrogens is 352 g/mol. The molecule has 1 aliphatic carbocycles. The van der Waals surface area contributed by atoms with Crippen LogP contribution >= 0.6 is 0 Å². The molecule has 2 heterocycles. The molecule has 28 heavy (non-hydrogen) atoms. The predicted octanol–water partition coefficient (Wildman–Crippen LogP) is 3.87. The van der Waals surface area contributed by atoms with Crippen LogP contribution in [0.5, 0.6) is 0 Å². The molecule has 0 bridgehead atoms. The Bertz CT molecular complexity index is 873. The minimum absolute atomic E-state index is 0.00349. The molecule has 2 fully saturated rings. The molecule has 148 valence electrons. The van der Waals surface area contributed by atoms with Gasteiger partial charge in [-0.15, -0.1) is 0 Å². The number of aromatic nitrogens is 2. The number of hydrogen-bond donors (Lipinski definition) is 1. The van der Waals surface area contributed by atoms with E-state index in [1.165, 1.54) is 38.3 Å². The number of likely N-dealkylation sites (tertiary alicyclic amines) is 1. The minimum atomic E-state index is -0.274. The van der Waals surface area contributed by atoms with Crippen molar-refractivity contribution in [3.8, 4) is 0 Å². The van der Waals surface area contributed by atoms with Crippen molar-refractivity contribution < 1.29 is 4.79 Å². The Balaban J connectivity index is 1.43. The molecule has 1 saturated heterocycles. The van der Waals surface area contributed by atoms with Crippen LogP contribution in [0, 0.1) is 5.92 Å². The van der Waals surface area contributed by atoms with Crippen molar-refractivity contribution >= 4 is 11.7 Å². The average molecular weight is 380 g/mol. The van der Waals surface area contributed by atoms with E-state index in [4.69, 9.17) is 0 Å². The Hall–Kier alpha value is -2.63. The summed E-state index contributed by atoms with van der Waals surface area (Å²) >= 11 is 0. The summed E-state index contributed by atoms with van der Waals surface area (Å²) in [6.07, 6.45) is 11.9. The lowest BCUT2D eigenvalue weighted by Crippen LogP contribution is -2.43. The van der Waals surface area contributed by atoms with Crippen molar-refractivity contribution in [1.82, 2.24) is 14.5 Å². The highest BCUT2D eigenvalue weighted by atomic mass is 16.2. The first-order valence-electron chi connectivity index (χ1n) is 10.4. The van der Waals surface area contributed by atoms with Gasteiger partial charge in [-0.25, -0.2) is 14.6 Å². The van der Waals surface area contributed by atoms with Gasteiger partial charge in [0.15, 0.2) is 0 Å². The van der Waals surface area contributed by atoms with Crippen LogP contribution < -0.4 is 11.0 Å². The fourth-order valence-electron chi connectivity index (χ4n) is 4.70. The summed E-state index contributed by atoms with van der Waals surface area (Å²) in [5.41, 5.74) is 1.45. The lowest BCUT2D eigenvalue weighted by molar-refractivity contribution is 0.166. The van der Waals surface area contributed by atoms with Gasteiger partial charge in [-0.3, -0.25) is 4.57 Å². The second-order valence-corrected chi connectivity index (χ2v) is 7.96. The first kappa shape index (κ1) is 18.7. The molecule has 1 aromatic carbocycles. The van der Waals surface area contributed by atoms with Gasteiger partial charge in [0.05, 0.1) is 6.54 Å². The number of carbonyl (C=O) groups is 1. The SMILES string of the molecule is O=C(Nc1cccc(Cn2cccnc2=O)c1)N1CCC[C@H]1C1CCCCC1. The topological polar surface area (TPSA) is 67.2 Å². The highest BCUT2D eigenvalue weighted by Crippen LogP contribution is 2.34. The molecule has 1 aliphatic heterocycles. The van der Waals surface area contributed by atoms with Gasteiger partial charge in [-0.1, -0.05) is 31.4 Å². The quantitative estimate of drug-likeness (QED) is 0.876. The molecule has 2 amide bonds. The number of nitrogens with one attached hydrogen (secondary N) is 1. The van der Waals surface area contributed by atoms with Crippen molar-refractivity contribution in [2.75, 3.05) is 11.9 Å². The molecule has 2 aromatic rings. The van der Waals surface area contributed by atoms with Gasteiger partial charge in [0.1, 0.15) is 0 Å². The number of amides is 2. The molecule has 0 radical (unpaired) electrons. The van der Waals surface area contributed by atoms with Crippen LogP contribution in [0.1, 0.15) is 50.5 Å². The number of anilines is 1. The Morgan fingerprint density at radius 2 is 1.96 bits per heavy atom. The first-order valence-corrected chi connectivity index (χ1v) is 10.4. The molecular formula is C22H28N4O2. The standard InChI is InChI=1S/C22H28N4O2/c27-21-23-12-6-13-25(21)16-17-7-4-10-19(15-17)24-22(28)26-14-5-11-20(26)18-8-2-1-3-9-18/h4,6-7,10,12-13,15,18,20H,1-3,5,8-9,11,14,16H2,(H,24,28)/t20-/m0/s1. The Kier molecular flexibility index (Phi) is 5.74. The van der Waals surface area contributed by atoms with Crippen molar-refractivity contribution in [2.24, 2.45) is 5.92 Å². The van der Waals surface area contributed by atoms with E-state index in [0.717, 1.165) is 30.6 Å². The number of benzene rings is 1. The van der Waals surface area contributed by atoms with E-state index in [2.05, 4.69) is 10.3 Å². The third-order valence-electron chi connectivity index (χ3n) is 6.07. The summed E-state index contributed by atoms with van der Waals surface area (Å²) < 4.78 is 1.56. The maximum atomic E-state index is 12.9. The third kappa shape index (κ3) is 4.26. The van der Waals surface area contributed by atoms with Crippen LogP contribution in [0.2, 0.25) is 0 Å². The maximum absolute atomic E-state index is 12.9. The highest BCUT2D eigenvalue weighted by molar-refractivity contribution is 5.89. The van der Waals surface area contributed by atoms with Gasteiger partial charge >= 0.3 is 11.7 Å². The third-order valence-corrected chi connectivity index (χ3v) is 6.07. The van der Waals surface area contributed by atoms with Crippen LogP contribution in [0.3, 0.4) is 0 Å². The monoisotopic (exact) mass is 380 g/mol. The van der Waals surface area contributed by atoms with Gasteiger partial charge < -0.3 is 10.2 Å². The second kappa shape index (κ2) is 8.59. The summed E-state index contributed by atoms with van der Waals surface area (Å²) in [5.74, 6) is 0.658. The summed E-state index contributed by atoms with van der Waals surface area (Å²) in [7, 11) is 0. The second-order valence-electron chi connectivity index (χ2n) is 7.96. The summed E-state index contributed by atoms with van der Waals surface area (Å²) in [6.45, 7) is 1.28. The summed E-state index contributed by atoms with van der Waals surface area (Å²) in [4.78, 5) is 30.6. The van der Waals surface area contributed by atoms with Gasteiger partial charge in [-0.05, 0) is 55.4 Å². The fourth-order valence-corrected chi connectivity index (χ4v) is 4.70. The van der Waals surface area contributed by atoms with Crippen molar-refractivity contribution in [3.05, 3.63) is 58.8 Å². The molecule has 1 atom stereocenters. The summed E-state index contributed by atoms with van der Waals surface area (Å²) in [6, 6.07) is 9.83. The molecule has 2 aliphatic rings. The van der Waals surface area contributed by atoms with E-state index >= 15 is 0 Å². The number of carbonyl (C=O) groups excluding carboxylic acids is 1. The average Bonchev–Trinajstić information content (AvgIpc) is 3.21. The molecule has 6 heteroatoms. The zero-order valence-corrected chi connectivity index (χ0v) is 16.2. The molecule has 6 nitrogen and oxygen atoms in total. The summed E-state index contributed by atoms with van der Waals surface area (Å²) in [5, 5.41) is 3.08. The molecule has 1 N–H and O–H groups in total. The van der Waals surface area contributed by atoms with E-state index in [-0.39, 0.29) is 11.7 Å². The molecule has 1 saturated carbocycles. The lowest BCUT2D eigenvalue weighted by atomic mass is 9.83. The molecule has 0 unspecified atom stereocenters. The van der Waals surface area contributed by atoms with Gasteiger partial charge in [0.25, 0.3) is 0 Å². The van der Waals surface area contributed by atoms with Crippen molar-refractivity contribution in [2.45, 2.75) is 57.5 Å².